The Hall–Kier alpha value is -2.16. The Bertz CT molecular complexity index is 668. The minimum Gasteiger partial charge on any atom is -0.453 e. The molecule has 3 nitrogen and oxygen atoms in total. The molecule has 3 heteroatoms. The van der Waals surface area contributed by atoms with Crippen LogP contribution in [0.3, 0.4) is 0 Å². The standard InChI is InChI=1S/C13H11NO2.C2H6/c1-3-5-10-12(4-2)16-13-8-9(15)6-7-11(13)14-10;1-2/h3-8H,1H2,2H3;1-2H3/b10-5+,12-4+;. The van der Waals surface area contributed by atoms with Crippen LogP contribution in [0.1, 0.15) is 20.8 Å². The van der Waals surface area contributed by atoms with Crippen molar-refractivity contribution in [2.45, 2.75) is 20.8 Å². The highest BCUT2D eigenvalue weighted by Crippen LogP contribution is 2.11. The van der Waals surface area contributed by atoms with E-state index in [0.29, 0.717) is 22.2 Å². The minimum atomic E-state index is -0.0828. The van der Waals surface area contributed by atoms with Gasteiger partial charge in [-0.05, 0) is 31.2 Å². The minimum absolute atomic E-state index is 0.0828. The molecular formula is C15H17NO2. The lowest BCUT2D eigenvalue weighted by molar-refractivity contribution is 0.513. The van der Waals surface area contributed by atoms with E-state index in [1.165, 1.54) is 12.1 Å². The lowest BCUT2D eigenvalue weighted by Crippen LogP contribution is -2.29. The molecule has 0 saturated heterocycles. The van der Waals surface area contributed by atoms with E-state index in [2.05, 4.69) is 11.6 Å². The maximum Gasteiger partial charge on any atom is 0.182 e. The molecule has 0 spiro atoms. The van der Waals surface area contributed by atoms with Gasteiger partial charge in [-0.25, -0.2) is 4.98 Å². The quantitative estimate of drug-likeness (QED) is 0.768. The molecule has 94 valence electrons. The number of benzene rings is 1. The van der Waals surface area contributed by atoms with Crippen molar-refractivity contribution < 1.29 is 4.42 Å². The Morgan fingerprint density at radius 3 is 2.67 bits per heavy atom. The first-order valence-electron chi connectivity index (χ1n) is 5.94. The van der Waals surface area contributed by atoms with Gasteiger partial charge >= 0.3 is 0 Å². The van der Waals surface area contributed by atoms with Crippen LogP contribution in [0.15, 0.2) is 40.1 Å². The monoisotopic (exact) mass is 243 g/mol. The second kappa shape index (κ2) is 6.55. The number of nitrogens with zero attached hydrogens (tertiary/aromatic N) is 1. The van der Waals surface area contributed by atoms with E-state index in [1.807, 2.05) is 20.8 Å². The molecule has 1 aliphatic carbocycles. The van der Waals surface area contributed by atoms with Crippen LogP contribution in [-0.2, 0) is 0 Å². The highest BCUT2D eigenvalue weighted by molar-refractivity contribution is 5.53. The summed E-state index contributed by atoms with van der Waals surface area (Å²) in [5, 5.41) is 0.712. The summed E-state index contributed by atoms with van der Waals surface area (Å²) in [6.07, 6.45) is 5.22. The van der Waals surface area contributed by atoms with E-state index in [9.17, 15) is 4.79 Å². The van der Waals surface area contributed by atoms with E-state index < -0.39 is 0 Å². The maximum atomic E-state index is 11.2. The molecule has 0 atom stereocenters. The molecule has 18 heavy (non-hydrogen) atoms. The van der Waals surface area contributed by atoms with Crippen molar-refractivity contribution in [2.75, 3.05) is 0 Å². The Morgan fingerprint density at radius 1 is 1.33 bits per heavy atom. The molecule has 0 fully saturated rings. The third-order valence-electron chi connectivity index (χ3n) is 2.18. The van der Waals surface area contributed by atoms with Crippen LogP contribution in [0, 0.1) is 0 Å². The van der Waals surface area contributed by atoms with Gasteiger partial charge in [-0.15, -0.1) is 0 Å². The summed E-state index contributed by atoms with van der Waals surface area (Å²) in [5.74, 6) is 0.502. The lowest BCUT2D eigenvalue weighted by atomic mass is 10.2. The van der Waals surface area contributed by atoms with Crippen LogP contribution in [0.4, 0.5) is 0 Å². The molecule has 1 aliphatic heterocycles. The van der Waals surface area contributed by atoms with Crippen LogP contribution in [0.2, 0.25) is 0 Å². The molecule has 0 radical (unpaired) electrons. The molecule has 0 saturated carbocycles. The van der Waals surface area contributed by atoms with Gasteiger partial charge in [0.2, 0.25) is 0 Å². The Morgan fingerprint density at radius 2 is 2.06 bits per heavy atom. The van der Waals surface area contributed by atoms with E-state index in [0.717, 1.165) is 0 Å². The molecule has 2 aliphatic rings. The normalized spacial score (nSPS) is 12.2. The van der Waals surface area contributed by atoms with E-state index >= 15 is 0 Å². The van der Waals surface area contributed by atoms with E-state index in [1.54, 1.807) is 24.3 Å². The third kappa shape index (κ3) is 2.94. The number of hydrogen-bond acceptors (Lipinski definition) is 3. The second-order valence-corrected chi connectivity index (χ2v) is 3.28. The van der Waals surface area contributed by atoms with E-state index in [4.69, 9.17) is 4.42 Å². The molecule has 0 aromatic rings. The summed E-state index contributed by atoms with van der Waals surface area (Å²) in [5.41, 5.74) is 1.22. The summed E-state index contributed by atoms with van der Waals surface area (Å²) in [4.78, 5) is 15.6. The molecule has 0 bridgehead atoms. The number of aromatic nitrogens is 1. The Kier molecular flexibility index (Phi) is 5.06. The van der Waals surface area contributed by atoms with Crippen molar-refractivity contribution in [3.63, 3.8) is 0 Å². The summed E-state index contributed by atoms with van der Waals surface area (Å²) in [6, 6.07) is 4.56. The summed E-state index contributed by atoms with van der Waals surface area (Å²) in [6.45, 7) is 9.48. The molecule has 2 rings (SSSR count). The topological polar surface area (TPSA) is 43.1 Å². The maximum absolute atomic E-state index is 11.2. The number of rotatable bonds is 1. The zero-order valence-electron chi connectivity index (χ0n) is 10.9. The van der Waals surface area contributed by atoms with Gasteiger partial charge in [-0.3, -0.25) is 4.79 Å². The average molecular weight is 243 g/mol. The molecule has 0 unspecified atom stereocenters. The Labute approximate surface area is 106 Å². The van der Waals surface area contributed by atoms with Crippen LogP contribution < -0.4 is 16.2 Å². The van der Waals surface area contributed by atoms with Gasteiger partial charge < -0.3 is 4.42 Å². The van der Waals surface area contributed by atoms with Gasteiger partial charge in [0.05, 0.1) is 0 Å². The molecule has 0 aromatic carbocycles. The van der Waals surface area contributed by atoms with Gasteiger partial charge in [0.25, 0.3) is 0 Å². The van der Waals surface area contributed by atoms with Gasteiger partial charge in [-0.1, -0.05) is 26.5 Å². The molecule has 0 amide bonds. The lowest BCUT2D eigenvalue weighted by Gasteiger charge is -2.01. The van der Waals surface area contributed by atoms with Crippen LogP contribution >= 0.6 is 0 Å². The number of hydrogen-bond donors (Lipinski definition) is 0. The van der Waals surface area contributed by atoms with Gasteiger partial charge in [0.15, 0.2) is 11.2 Å². The Balaban J connectivity index is 0.000000771. The fourth-order valence-corrected chi connectivity index (χ4v) is 1.46. The highest BCUT2D eigenvalue weighted by Gasteiger charge is 2.05. The fourth-order valence-electron chi connectivity index (χ4n) is 1.46. The van der Waals surface area contributed by atoms with Crippen molar-refractivity contribution in [3.8, 4) is 11.5 Å². The zero-order chi connectivity index (χ0) is 13.5. The van der Waals surface area contributed by atoms with Crippen molar-refractivity contribution in [3.05, 3.63) is 51.8 Å². The second-order valence-electron chi connectivity index (χ2n) is 3.28. The first-order chi connectivity index (χ1) is 8.74. The summed E-state index contributed by atoms with van der Waals surface area (Å²) in [7, 11) is 0. The van der Waals surface area contributed by atoms with Gasteiger partial charge in [0.1, 0.15) is 16.5 Å². The van der Waals surface area contributed by atoms with Gasteiger partial charge in [0, 0.05) is 6.07 Å². The van der Waals surface area contributed by atoms with Crippen molar-refractivity contribution >= 4 is 12.2 Å². The van der Waals surface area contributed by atoms with Crippen LogP contribution in [0.5, 0.6) is 0 Å². The first kappa shape index (κ1) is 13.9. The van der Waals surface area contributed by atoms with Crippen molar-refractivity contribution in [1.29, 1.82) is 0 Å². The van der Waals surface area contributed by atoms with E-state index in [-0.39, 0.29) is 5.43 Å². The largest absolute Gasteiger partial charge is 0.453 e. The average Bonchev–Trinajstić information content (AvgIpc) is 2.41. The molecular weight excluding hydrogens is 226 g/mol. The first-order valence-corrected chi connectivity index (χ1v) is 5.94. The van der Waals surface area contributed by atoms with Crippen molar-refractivity contribution in [1.82, 2.24) is 4.98 Å². The SMILES string of the molecule is C=C/C=c1/nc2ccc(=O)cc-2o/c1=C/C.CC. The van der Waals surface area contributed by atoms with Crippen LogP contribution in [-0.4, -0.2) is 4.98 Å². The van der Waals surface area contributed by atoms with Crippen LogP contribution in [0.25, 0.3) is 23.6 Å². The highest BCUT2D eigenvalue weighted by atomic mass is 16.3. The predicted octanol–water partition coefficient (Wildman–Crippen LogP) is 1.93. The smallest absolute Gasteiger partial charge is 0.182 e. The molecule has 0 aromatic heterocycles. The molecule has 1 heterocycles. The summed E-state index contributed by atoms with van der Waals surface area (Å²) >= 11 is 0. The number of allylic oxidation sites excluding steroid dienone is 1. The summed E-state index contributed by atoms with van der Waals surface area (Å²) < 4.78 is 5.58. The predicted molar refractivity (Wildman–Crippen MR) is 74.8 cm³/mol. The zero-order valence-corrected chi connectivity index (χ0v) is 10.9. The van der Waals surface area contributed by atoms with Crippen molar-refractivity contribution in [2.24, 2.45) is 0 Å². The third-order valence-corrected chi connectivity index (χ3v) is 2.18. The number of fused-ring (bicyclic) bond motifs is 1. The van der Waals surface area contributed by atoms with Gasteiger partial charge in [-0.2, -0.15) is 0 Å². The molecule has 0 N–H and O–H groups in total. The fraction of sp³-hybridized carbons (Fsp3) is 0.200.